The van der Waals surface area contributed by atoms with Crippen LogP contribution < -0.4 is 9.64 Å². The molecule has 0 N–H and O–H groups in total. The normalized spacial score (nSPS) is 13.5. The number of anilines is 1. The van der Waals surface area contributed by atoms with E-state index in [1.54, 1.807) is 6.07 Å². The van der Waals surface area contributed by atoms with Crippen LogP contribution in [-0.4, -0.2) is 42.0 Å². The first kappa shape index (κ1) is 24.2. The van der Waals surface area contributed by atoms with Gasteiger partial charge in [0, 0.05) is 31.7 Å². The van der Waals surface area contributed by atoms with E-state index in [0.29, 0.717) is 49.1 Å². The van der Waals surface area contributed by atoms with Gasteiger partial charge in [-0.1, -0.05) is 23.8 Å². The molecule has 1 amide bonds. The third-order valence-electron chi connectivity index (χ3n) is 6.60. The summed E-state index contributed by atoms with van der Waals surface area (Å²) in [5.74, 6) is 2.45. The van der Waals surface area contributed by atoms with E-state index in [1.807, 2.05) is 72.2 Å². The molecule has 8 nitrogen and oxygen atoms in total. The number of ether oxygens (including phenoxy) is 1. The lowest BCUT2D eigenvalue weighted by Gasteiger charge is -2.34. The molecule has 2 aromatic carbocycles. The molecule has 8 heteroatoms. The molecular formula is C29H28N4O4. The number of aromatic nitrogens is 1. The predicted molar refractivity (Wildman–Crippen MR) is 138 cm³/mol. The Hall–Kier alpha value is -4.51. The van der Waals surface area contributed by atoms with Crippen LogP contribution in [0.4, 0.5) is 5.88 Å². The van der Waals surface area contributed by atoms with Gasteiger partial charge in [-0.2, -0.15) is 10.2 Å². The van der Waals surface area contributed by atoms with Gasteiger partial charge in [0.05, 0.1) is 0 Å². The Kier molecular flexibility index (Phi) is 6.69. The smallest absolute Gasteiger partial charge is 0.266 e. The Balaban J connectivity index is 1.24. The number of hydrogen-bond donors (Lipinski definition) is 0. The fraction of sp³-hybridized carbons (Fsp3) is 0.276. The van der Waals surface area contributed by atoms with Gasteiger partial charge in [0.2, 0.25) is 11.6 Å². The van der Waals surface area contributed by atoms with Crippen LogP contribution in [0.3, 0.4) is 0 Å². The quantitative estimate of drug-likeness (QED) is 0.359. The van der Waals surface area contributed by atoms with E-state index in [4.69, 9.17) is 13.6 Å². The van der Waals surface area contributed by atoms with Gasteiger partial charge in [0.25, 0.3) is 11.8 Å². The molecule has 3 heterocycles. The summed E-state index contributed by atoms with van der Waals surface area (Å²) >= 11 is 0. The molecular weight excluding hydrogens is 468 g/mol. The largest absolute Gasteiger partial charge is 0.486 e. The molecule has 1 saturated heterocycles. The molecule has 1 aliphatic heterocycles. The van der Waals surface area contributed by atoms with E-state index >= 15 is 0 Å². The average Bonchev–Trinajstić information content (AvgIpc) is 3.57. The first-order valence-corrected chi connectivity index (χ1v) is 12.2. The Morgan fingerprint density at radius 3 is 2.43 bits per heavy atom. The monoisotopic (exact) mass is 496 g/mol. The first-order valence-electron chi connectivity index (χ1n) is 12.2. The number of oxazole rings is 1. The van der Waals surface area contributed by atoms with Crippen LogP contribution in [0.2, 0.25) is 0 Å². The van der Waals surface area contributed by atoms with Crippen LogP contribution in [0.1, 0.15) is 38.5 Å². The molecule has 188 valence electrons. The van der Waals surface area contributed by atoms with E-state index in [1.165, 1.54) is 5.56 Å². The number of carbonyl (C=O) groups excluding carboxylic acids is 1. The van der Waals surface area contributed by atoms with E-state index in [-0.39, 0.29) is 24.1 Å². The molecule has 1 fully saturated rings. The summed E-state index contributed by atoms with van der Waals surface area (Å²) in [6, 6.07) is 19.2. The fourth-order valence-corrected chi connectivity index (χ4v) is 4.22. The Labute approximate surface area is 215 Å². The predicted octanol–water partition coefficient (Wildman–Crippen LogP) is 5.27. The van der Waals surface area contributed by atoms with Crippen molar-refractivity contribution in [3.8, 4) is 23.5 Å². The minimum Gasteiger partial charge on any atom is -0.486 e. The Morgan fingerprint density at radius 2 is 1.73 bits per heavy atom. The van der Waals surface area contributed by atoms with E-state index in [2.05, 4.69) is 18.0 Å². The zero-order valence-corrected chi connectivity index (χ0v) is 21.2. The number of nitriles is 1. The van der Waals surface area contributed by atoms with Crippen LogP contribution in [0.5, 0.6) is 5.75 Å². The molecule has 0 aliphatic carbocycles. The molecule has 0 radical (unpaired) electrons. The van der Waals surface area contributed by atoms with Crippen molar-refractivity contribution < 1.29 is 18.4 Å². The molecule has 4 aromatic rings. The lowest BCUT2D eigenvalue weighted by Crippen LogP contribution is -2.48. The van der Waals surface area contributed by atoms with E-state index in [0.717, 1.165) is 16.9 Å². The van der Waals surface area contributed by atoms with Crippen molar-refractivity contribution in [3.05, 3.63) is 88.3 Å². The molecule has 0 bridgehead atoms. The van der Waals surface area contributed by atoms with Gasteiger partial charge < -0.3 is 23.4 Å². The van der Waals surface area contributed by atoms with Crippen molar-refractivity contribution in [2.75, 3.05) is 31.1 Å². The molecule has 37 heavy (non-hydrogen) atoms. The number of benzene rings is 2. The van der Waals surface area contributed by atoms with Crippen molar-refractivity contribution in [1.29, 1.82) is 5.26 Å². The molecule has 5 rings (SSSR count). The minimum atomic E-state index is 0.00421. The van der Waals surface area contributed by atoms with Crippen molar-refractivity contribution >= 4 is 11.8 Å². The van der Waals surface area contributed by atoms with E-state index in [9.17, 15) is 10.1 Å². The minimum absolute atomic E-state index is 0.00421. The van der Waals surface area contributed by atoms with Crippen LogP contribution in [0.15, 0.2) is 63.4 Å². The van der Waals surface area contributed by atoms with Gasteiger partial charge in [-0.15, -0.1) is 0 Å². The number of aryl methyl sites for hydroxylation is 3. The lowest BCUT2D eigenvalue weighted by atomic mass is 10.1. The number of piperazine rings is 1. The highest BCUT2D eigenvalue weighted by molar-refractivity contribution is 5.94. The molecule has 0 unspecified atom stereocenters. The Morgan fingerprint density at radius 1 is 0.973 bits per heavy atom. The van der Waals surface area contributed by atoms with Gasteiger partial charge in [0.1, 0.15) is 24.2 Å². The third-order valence-corrected chi connectivity index (χ3v) is 6.60. The second-order valence-electron chi connectivity index (χ2n) is 9.23. The summed E-state index contributed by atoms with van der Waals surface area (Å²) in [5.41, 5.74) is 4.35. The van der Waals surface area contributed by atoms with Crippen LogP contribution in [0, 0.1) is 32.1 Å². The van der Waals surface area contributed by atoms with Crippen LogP contribution in [0.25, 0.3) is 11.7 Å². The summed E-state index contributed by atoms with van der Waals surface area (Å²) < 4.78 is 17.7. The van der Waals surface area contributed by atoms with Crippen LogP contribution >= 0.6 is 0 Å². The van der Waals surface area contributed by atoms with Crippen molar-refractivity contribution in [3.63, 3.8) is 0 Å². The highest BCUT2D eigenvalue weighted by atomic mass is 16.5. The standard InChI is InChI=1S/C29H28N4O4/c1-19-4-7-22(8-5-19)28(34)32-12-14-33(15-13-32)29-25(17-30)31-27(37-29)26-11-10-24(36-26)18-35-23-9-6-20(2)21(3)16-23/h4-11,16H,12-15,18H2,1-3H3. The molecule has 0 atom stereocenters. The maximum Gasteiger partial charge on any atom is 0.266 e. The maximum atomic E-state index is 12.8. The topological polar surface area (TPSA) is 95.7 Å². The molecule has 2 aromatic heterocycles. The first-order chi connectivity index (χ1) is 17.9. The summed E-state index contributed by atoms with van der Waals surface area (Å²) in [4.78, 5) is 21.0. The SMILES string of the molecule is Cc1ccc(C(=O)N2CCN(c3oc(-c4ccc(COc5ccc(C)c(C)c5)o4)nc3C#N)CC2)cc1. The lowest BCUT2D eigenvalue weighted by molar-refractivity contribution is 0.0745. The number of nitrogens with zero attached hydrogens (tertiary/aromatic N) is 4. The number of hydrogen-bond acceptors (Lipinski definition) is 7. The van der Waals surface area contributed by atoms with Gasteiger partial charge in [-0.05, 0) is 68.3 Å². The van der Waals surface area contributed by atoms with E-state index < -0.39 is 0 Å². The number of amides is 1. The molecule has 1 aliphatic rings. The second kappa shape index (κ2) is 10.2. The summed E-state index contributed by atoms with van der Waals surface area (Å²) in [6.07, 6.45) is 0. The maximum absolute atomic E-state index is 12.8. The van der Waals surface area contributed by atoms with Crippen molar-refractivity contribution in [2.24, 2.45) is 0 Å². The Bertz CT molecular complexity index is 1450. The highest BCUT2D eigenvalue weighted by Crippen LogP contribution is 2.30. The van der Waals surface area contributed by atoms with Crippen molar-refractivity contribution in [2.45, 2.75) is 27.4 Å². The summed E-state index contributed by atoms with van der Waals surface area (Å²) in [6.45, 7) is 8.48. The highest BCUT2D eigenvalue weighted by Gasteiger charge is 2.27. The van der Waals surface area contributed by atoms with Gasteiger partial charge in [-0.25, -0.2) is 0 Å². The van der Waals surface area contributed by atoms with Gasteiger partial charge in [0.15, 0.2) is 5.76 Å². The van der Waals surface area contributed by atoms with Gasteiger partial charge in [-0.3, -0.25) is 4.79 Å². The average molecular weight is 497 g/mol. The summed E-state index contributed by atoms with van der Waals surface area (Å²) in [7, 11) is 0. The van der Waals surface area contributed by atoms with Crippen LogP contribution in [-0.2, 0) is 6.61 Å². The molecule has 0 saturated carbocycles. The van der Waals surface area contributed by atoms with Crippen molar-refractivity contribution in [1.82, 2.24) is 9.88 Å². The fourth-order valence-electron chi connectivity index (χ4n) is 4.22. The second-order valence-corrected chi connectivity index (χ2v) is 9.23. The number of rotatable bonds is 6. The number of furan rings is 1. The third kappa shape index (κ3) is 5.21. The zero-order chi connectivity index (χ0) is 25.9. The summed E-state index contributed by atoms with van der Waals surface area (Å²) in [5, 5.41) is 9.66. The molecule has 0 spiro atoms. The number of carbonyl (C=O) groups is 1. The zero-order valence-electron chi connectivity index (χ0n) is 21.2. The van der Waals surface area contributed by atoms with Gasteiger partial charge >= 0.3 is 0 Å².